The molecule has 0 saturated carbocycles. The highest BCUT2D eigenvalue weighted by Gasteiger charge is 2.09. The molecule has 144 valence electrons. The predicted octanol–water partition coefficient (Wildman–Crippen LogP) is 6.65. The van der Waals surface area contributed by atoms with Gasteiger partial charge in [-0.05, 0) is 25.7 Å². The van der Waals surface area contributed by atoms with Gasteiger partial charge < -0.3 is 4.74 Å². The minimum atomic E-state index is -0.381. The number of cyclic esters (lactones) is 2. The van der Waals surface area contributed by atoms with Crippen molar-refractivity contribution in [2.75, 3.05) is 0 Å². The zero-order valence-electron chi connectivity index (χ0n) is 16.1. The van der Waals surface area contributed by atoms with Gasteiger partial charge in [-0.15, -0.1) is 0 Å². The van der Waals surface area contributed by atoms with Crippen molar-refractivity contribution in [3.63, 3.8) is 0 Å². The first-order valence-electron chi connectivity index (χ1n) is 10.7. The molecule has 0 bridgehead atoms. The van der Waals surface area contributed by atoms with Crippen LogP contribution in [-0.2, 0) is 14.3 Å². The first kappa shape index (κ1) is 21.9. The lowest BCUT2D eigenvalue weighted by Crippen LogP contribution is -2.11. The smallest absolute Gasteiger partial charge is 0.313 e. The lowest BCUT2D eigenvalue weighted by atomic mass is 10.0. The molecular weight excluding hydrogens is 312 g/mol. The number of ether oxygens (including phenoxy) is 1. The van der Waals surface area contributed by atoms with Gasteiger partial charge in [-0.1, -0.05) is 89.2 Å². The van der Waals surface area contributed by atoms with Crippen molar-refractivity contribution in [2.45, 2.75) is 116 Å². The van der Waals surface area contributed by atoms with E-state index in [1.54, 1.807) is 0 Å². The maximum absolute atomic E-state index is 11.6. The van der Waals surface area contributed by atoms with Gasteiger partial charge in [0, 0.05) is 12.8 Å². The van der Waals surface area contributed by atoms with Crippen LogP contribution in [0.2, 0.25) is 0 Å². The number of allylic oxidation sites excluding steroid dienone is 2. The van der Waals surface area contributed by atoms with E-state index in [9.17, 15) is 9.59 Å². The molecule has 0 spiro atoms. The molecule has 1 aliphatic heterocycles. The molecule has 0 aliphatic carbocycles. The van der Waals surface area contributed by atoms with Gasteiger partial charge in [0.1, 0.15) is 0 Å². The van der Waals surface area contributed by atoms with Crippen LogP contribution < -0.4 is 0 Å². The predicted molar refractivity (Wildman–Crippen MR) is 103 cm³/mol. The van der Waals surface area contributed by atoms with Crippen molar-refractivity contribution < 1.29 is 14.3 Å². The summed E-state index contributed by atoms with van der Waals surface area (Å²) in [4.78, 5) is 23.2. The molecule has 25 heavy (non-hydrogen) atoms. The average Bonchev–Trinajstić information content (AvgIpc) is 2.59. The van der Waals surface area contributed by atoms with E-state index in [2.05, 4.69) is 6.08 Å². The van der Waals surface area contributed by atoms with E-state index < -0.39 is 0 Å². The second-order valence-corrected chi connectivity index (χ2v) is 7.34. The summed E-state index contributed by atoms with van der Waals surface area (Å²) in [5.41, 5.74) is 0. The zero-order chi connectivity index (χ0) is 18.0. The molecule has 3 nitrogen and oxygen atoms in total. The normalized spacial score (nSPS) is 23.5. The number of hydrogen-bond acceptors (Lipinski definition) is 3. The maximum atomic E-state index is 11.6. The standard InChI is InChI=1S/C22H38O3/c23-21-19-17-15-13-11-9-7-5-3-1-2-4-6-8-10-12-14-16-18-20-22(24)25-21/h13,15H,1-12,14,16-20H2/b15-13+. The summed E-state index contributed by atoms with van der Waals surface area (Å²) in [6, 6.07) is 0. The van der Waals surface area contributed by atoms with E-state index in [1.165, 1.54) is 77.0 Å². The first-order valence-corrected chi connectivity index (χ1v) is 10.7. The highest BCUT2D eigenvalue weighted by atomic mass is 16.6. The van der Waals surface area contributed by atoms with Crippen LogP contribution in [0, 0.1) is 0 Å². The van der Waals surface area contributed by atoms with Crippen LogP contribution in [0.4, 0.5) is 0 Å². The maximum Gasteiger partial charge on any atom is 0.313 e. The monoisotopic (exact) mass is 350 g/mol. The molecule has 0 unspecified atom stereocenters. The molecule has 1 rings (SSSR count). The fraction of sp³-hybridized carbons (Fsp3) is 0.818. The molecule has 0 aromatic carbocycles. The van der Waals surface area contributed by atoms with E-state index >= 15 is 0 Å². The van der Waals surface area contributed by atoms with Gasteiger partial charge in [0.2, 0.25) is 0 Å². The van der Waals surface area contributed by atoms with Gasteiger partial charge in [-0.3, -0.25) is 9.59 Å². The molecule has 0 aromatic rings. The van der Waals surface area contributed by atoms with Gasteiger partial charge in [0.25, 0.3) is 0 Å². The summed E-state index contributed by atoms with van der Waals surface area (Å²) >= 11 is 0. The third-order valence-electron chi connectivity index (χ3n) is 4.91. The van der Waals surface area contributed by atoms with Gasteiger partial charge in [-0.25, -0.2) is 0 Å². The summed E-state index contributed by atoms with van der Waals surface area (Å²) in [5, 5.41) is 0. The van der Waals surface area contributed by atoms with E-state index in [0.717, 1.165) is 19.3 Å². The Balaban J connectivity index is 2.22. The minimum Gasteiger partial charge on any atom is -0.393 e. The number of esters is 2. The van der Waals surface area contributed by atoms with E-state index in [4.69, 9.17) is 4.74 Å². The number of rotatable bonds is 0. The Kier molecular flexibility index (Phi) is 14.3. The summed E-state index contributed by atoms with van der Waals surface area (Å²) in [5.74, 6) is -0.736. The second kappa shape index (κ2) is 16.4. The Morgan fingerprint density at radius 2 is 0.880 bits per heavy atom. The lowest BCUT2D eigenvalue weighted by Gasteiger charge is -2.04. The Morgan fingerprint density at radius 1 is 0.480 bits per heavy atom. The van der Waals surface area contributed by atoms with Gasteiger partial charge >= 0.3 is 11.9 Å². The molecule has 0 N–H and O–H groups in total. The molecule has 0 saturated heterocycles. The van der Waals surface area contributed by atoms with Crippen LogP contribution >= 0.6 is 0 Å². The Hall–Kier alpha value is -1.12. The lowest BCUT2D eigenvalue weighted by molar-refractivity contribution is -0.159. The highest BCUT2D eigenvalue weighted by molar-refractivity contribution is 5.85. The SMILES string of the molecule is O=C1CC/C=C/CCCCCCCCCCCCCCCCC(=O)O1. The van der Waals surface area contributed by atoms with Gasteiger partial charge in [0.05, 0.1) is 0 Å². The van der Waals surface area contributed by atoms with Crippen LogP contribution in [0.25, 0.3) is 0 Å². The minimum absolute atomic E-state index is 0.308. The van der Waals surface area contributed by atoms with E-state index in [-0.39, 0.29) is 11.9 Å². The second-order valence-electron chi connectivity index (χ2n) is 7.34. The third-order valence-corrected chi connectivity index (χ3v) is 4.91. The average molecular weight is 351 g/mol. The molecule has 3 heteroatoms. The Labute approximate surface area is 154 Å². The van der Waals surface area contributed by atoms with E-state index in [0.29, 0.717) is 19.3 Å². The summed E-state index contributed by atoms with van der Waals surface area (Å²) in [6.45, 7) is 0. The van der Waals surface area contributed by atoms with Crippen molar-refractivity contribution in [3.8, 4) is 0 Å². The van der Waals surface area contributed by atoms with Crippen molar-refractivity contribution in [1.29, 1.82) is 0 Å². The van der Waals surface area contributed by atoms with Crippen molar-refractivity contribution in [3.05, 3.63) is 12.2 Å². The quantitative estimate of drug-likeness (QED) is 0.279. The summed E-state index contributed by atoms with van der Waals surface area (Å²) in [6.07, 6.45) is 24.5. The van der Waals surface area contributed by atoms with Crippen LogP contribution in [0.3, 0.4) is 0 Å². The molecule has 0 atom stereocenters. The van der Waals surface area contributed by atoms with Crippen molar-refractivity contribution >= 4 is 11.9 Å². The third kappa shape index (κ3) is 14.9. The topological polar surface area (TPSA) is 43.4 Å². The molecule has 0 fully saturated rings. The molecule has 0 aromatic heterocycles. The van der Waals surface area contributed by atoms with Gasteiger partial charge in [-0.2, -0.15) is 0 Å². The number of carbonyl (C=O) groups excluding carboxylic acids is 2. The number of hydrogen-bond donors (Lipinski definition) is 0. The zero-order valence-corrected chi connectivity index (χ0v) is 16.1. The van der Waals surface area contributed by atoms with Crippen molar-refractivity contribution in [2.24, 2.45) is 0 Å². The molecule has 1 heterocycles. The fourth-order valence-corrected chi connectivity index (χ4v) is 3.32. The fourth-order valence-electron chi connectivity index (χ4n) is 3.32. The van der Waals surface area contributed by atoms with Crippen LogP contribution in [-0.4, -0.2) is 11.9 Å². The Bertz CT molecular complexity index is 373. The highest BCUT2D eigenvalue weighted by Crippen LogP contribution is 2.14. The van der Waals surface area contributed by atoms with Gasteiger partial charge in [0.15, 0.2) is 0 Å². The summed E-state index contributed by atoms with van der Waals surface area (Å²) < 4.78 is 4.86. The first-order chi connectivity index (χ1) is 12.3. The van der Waals surface area contributed by atoms with Crippen LogP contribution in [0.15, 0.2) is 12.2 Å². The number of carbonyl (C=O) groups is 2. The van der Waals surface area contributed by atoms with E-state index in [1.807, 2.05) is 6.08 Å². The van der Waals surface area contributed by atoms with Crippen molar-refractivity contribution in [1.82, 2.24) is 0 Å². The molecule has 0 amide bonds. The van der Waals surface area contributed by atoms with Crippen LogP contribution in [0.1, 0.15) is 116 Å². The van der Waals surface area contributed by atoms with Crippen LogP contribution in [0.5, 0.6) is 0 Å². The Morgan fingerprint density at radius 3 is 1.44 bits per heavy atom. The molecule has 0 radical (unpaired) electrons. The largest absolute Gasteiger partial charge is 0.393 e. The summed E-state index contributed by atoms with van der Waals surface area (Å²) in [7, 11) is 0. The molecular formula is C22H38O3. The molecule has 1 aliphatic rings.